The number of benzene rings is 1. The molecule has 1 fully saturated rings. The lowest BCUT2D eigenvalue weighted by Gasteiger charge is -2.25. The fourth-order valence-corrected chi connectivity index (χ4v) is 2.56. The third-order valence-electron chi connectivity index (χ3n) is 4.02. The average Bonchev–Trinajstić information content (AvgIpc) is 2.67. The number of carbonyl (C=O) groups excluding carboxylic acids is 2. The average molecular weight is 364 g/mol. The quantitative estimate of drug-likeness (QED) is 0.818. The van der Waals surface area contributed by atoms with Crippen LogP contribution in [0, 0.1) is 0 Å². The van der Waals surface area contributed by atoms with Crippen molar-refractivity contribution in [2.24, 2.45) is 0 Å². The minimum absolute atomic E-state index is 0.180. The van der Waals surface area contributed by atoms with Crippen LogP contribution in [0.25, 0.3) is 5.57 Å². The van der Waals surface area contributed by atoms with E-state index < -0.39 is 6.03 Å². The molecule has 0 radical (unpaired) electrons. The molecule has 0 aliphatic carbocycles. The summed E-state index contributed by atoms with van der Waals surface area (Å²) in [7, 11) is 0. The number of allylic oxidation sites excluding steroid dienone is 4. The number of imide groups is 1. The van der Waals surface area contributed by atoms with E-state index in [-0.39, 0.29) is 18.3 Å². The predicted molar refractivity (Wildman–Crippen MR) is 103 cm³/mol. The molecule has 1 aliphatic rings. The normalized spacial score (nSPS) is 15.2. The number of aromatic nitrogens is 2. The van der Waals surface area contributed by atoms with Crippen molar-refractivity contribution in [3.8, 4) is 11.8 Å². The number of urea groups is 1. The van der Waals surface area contributed by atoms with Crippen LogP contribution < -0.4 is 15.0 Å². The zero-order valence-corrected chi connectivity index (χ0v) is 15.2. The number of hydrogen-bond acceptors (Lipinski definition) is 5. The molecule has 1 N–H and O–H groups in total. The highest BCUT2D eigenvalue weighted by Gasteiger charge is 2.24. The van der Waals surface area contributed by atoms with Gasteiger partial charge in [-0.3, -0.25) is 15.0 Å². The SMILES string of the molecule is C/C=C\C=C(/C)c1cccc(Oc2ncc(N3CCC(=O)NC3=O)cn2)c1. The summed E-state index contributed by atoms with van der Waals surface area (Å²) in [5.74, 6) is 0.338. The van der Waals surface area contributed by atoms with Gasteiger partial charge in [0.05, 0.1) is 18.1 Å². The Labute approximate surface area is 157 Å². The molecule has 2 heterocycles. The highest BCUT2D eigenvalue weighted by atomic mass is 16.5. The maximum absolute atomic E-state index is 11.9. The van der Waals surface area contributed by atoms with Crippen LogP contribution in [0.3, 0.4) is 0 Å². The van der Waals surface area contributed by atoms with E-state index in [0.717, 1.165) is 11.1 Å². The number of hydrogen-bond donors (Lipinski definition) is 1. The van der Waals surface area contributed by atoms with Gasteiger partial charge in [-0.1, -0.05) is 30.4 Å². The van der Waals surface area contributed by atoms with Gasteiger partial charge in [0.25, 0.3) is 0 Å². The third-order valence-corrected chi connectivity index (χ3v) is 4.02. The molecule has 2 aromatic rings. The topological polar surface area (TPSA) is 84.4 Å². The second kappa shape index (κ2) is 8.27. The van der Waals surface area contributed by atoms with Crippen LogP contribution in [-0.4, -0.2) is 28.5 Å². The summed E-state index contributed by atoms with van der Waals surface area (Å²) < 4.78 is 5.72. The number of rotatable bonds is 5. The Morgan fingerprint density at radius 3 is 2.74 bits per heavy atom. The summed E-state index contributed by atoms with van der Waals surface area (Å²) in [5, 5.41) is 2.26. The van der Waals surface area contributed by atoms with Gasteiger partial charge in [-0.25, -0.2) is 14.8 Å². The Balaban J connectivity index is 1.72. The first kappa shape index (κ1) is 18.3. The van der Waals surface area contributed by atoms with Gasteiger partial charge in [-0.05, 0) is 37.1 Å². The van der Waals surface area contributed by atoms with Gasteiger partial charge in [0, 0.05) is 13.0 Å². The zero-order chi connectivity index (χ0) is 19.2. The Kier molecular flexibility index (Phi) is 5.61. The lowest BCUT2D eigenvalue weighted by atomic mass is 10.1. The summed E-state index contributed by atoms with van der Waals surface area (Å²) in [4.78, 5) is 32.8. The molecule has 1 aromatic heterocycles. The van der Waals surface area contributed by atoms with Gasteiger partial charge in [-0.2, -0.15) is 0 Å². The monoisotopic (exact) mass is 364 g/mol. The van der Waals surface area contributed by atoms with E-state index in [1.165, 1.54) is 17.3 Å². The number of carbonyl (C=O) groups is 2. The Hall–Kier alpha value is -3.48. The molecular weight excluding hydrogens is 344 g/mol. The van der Waals surface area contributed by atoms with Gasteiger partial charge >= 0.3 is 12.0 Å². The van der Waals surface area contributed by atoms with Crippen molar-refractivity contribution in [1.82, 2.24) is 15.3 Å². The number of nitrogens with one attached hydrogen (secondary N) is 1. The highest BCUT2D eigenvalue weighted by Crippen LogP contribution is 2.24. The van der Waals surface area contributed by atoms with Crippen LogP contribution in [0.2, 0.25) is 0 Å². The van der Waals surface area contributed by atoms with E-state index in [0.29, 0.717) is 18.0 Å². The third kappa shape index (κ3) is 4.58. The first-order valence-corrected chi connectivity index (χ1v) is 8.58. The minimum atomic E-state index is -0.473. The van der Waals surface area contributed by atoms with E-state index in [9.17, 15) is 9.59 Å². The first-order valence-electron chi connectivity index (χ1n) is 8.58. The van der Waals surface area contributed by atoms with Crippen LogP contribution in [-0.2, 0) is 4.79 Å². The Bertz CT molecular complexity index is 904. The molecule has 7 heteroatoms. The summed E-state index contributed by atoms with van der Waals surface area (Å²) in [6, 6.07) is 7.35. The van der Waals surface area contributed by atoms with Crippen LogP contribution in [0.5, 0.6) is 11.8 Å². The first-order chi connectivity index (χ1) is 13.1. The molecule has 1 aromatic carbocycles. The van der Waals surface area contributed by atoms with Gasteiger partial charge in [0.2, 0.25) is 5.91 Å². The molecule has 7 nitrogen and oxygen atoms in total. The van der Waals surface area contributed by atoms with E-state index in [1.807, 2.05) is 56.3 Å². The van der Waals surface area contributed by atoms with Crippen molar-refractivity contribution < 1.29 is 14.3 Å². The minimum Gasteiger partial charge on any atom is -0.424 e. The summed E-state index contributed by atoms with van der Waals surface area (Å²) in [6.45, 7) is 4.29. The maximum atomic E-state index is 11.9. The molecule has 0 atom stereocenters. The van der Waals surface area contributed by atoms with Gasteiger partial charge in [0.1, 0.15) is 5.75 Å². The number of ether oxygens (including phenoxy) is 1. The molecule has 1 saturated heterocycles. The Morgan fingerprint density at radius 2 is 2.04 bits per heavy atom. The molecule has 0 unspecified atom stereocenters. The van der Waals surface area contributed by atoms with Crippen LogP contribution >= 0.6 is 0 Å². The predicted octanol–water partition coefficient (Wildman–Crippen LogP) is 3.69. The van der Waals surface area contributed by atoms with E-state index >= 15 is 0 Å². The van der Waals surface area contributed by atoms with Gasteiger partial charge in [-0.15, -0.1) is 0 Å². The smallest absolute Gasteiger partial charge is 0.328 e. The second-order valence-corrected chi connectivity index (χ2v) is 5.98. The van der Waals surface area contributed by atoms with Crippen molar-refractivity contribution in [3.63, 3.8) is 0 Å². The molecule has 0 saturated carbocycles. The van der Waals surface area contributed by atoms with E-state index in [2.05, 4.69) is 15.3 Å². The van der Waals surface area contributed by atoms with Crippen LogP contribution in [0.1, 0.15) is 25.8 Å². The molecular formula is C20H20N4O3. The molecule has 1 aliphatic heterocycles. The molecule has 3 amide bonds. The van der Waals surface area contributed by atoms with Crippen molar-refractivity contribution in [1.29, 1.82) is 0 Å². The van der Waals surface area contributed by atoms with Crippen LogP contribution in [0.4, 0.5) is 10.5 Å². The summed E-state index contributed by atoms with van der Waals surface area (Å²) in [5.41, 5.74) is 2.66. The largest absolute Gasteiger partial charge is 0.424 e. The molecule has 3 rings (SSSR count). The van der Waals surface area contributed by atoms with Crippen LogP contribution in [0.15, 0.2) is 54.9 Å². The fourth-order valence-electron chi connectivity index (χ4n) is 2.56. The zero-order valence-electron chi connectivity index (χ0n) is 15.2. The number of amides is 3. The summed E-state index contributed by atoms with van der Waals surface area (Å²) in [6.07, 6.45) is 9.22. The van der Waals surface area contributed by atoms with Crippen molar-refractivity contribution in [2.45, 2.75) is 20.3 Å². The molecule has 138 valence electrons. The molecule has 0 spiro atoms. The van der Waals surface area contributed by atoms with Gasteiger partial charge < -0.3 is 4.74 Å². The fraction of sp³-hybridized carbons (Fsp3) is 0.200. The Morgan fingerprint density at radius 1 is 1.26 bits per heavy atom. The standard InChI is InChI=1S/C20H20N4O3/c1-3-4-6-14(2)15-7-5-8-17(11-15)27-19-21-12-16(13-22-19)24-10-9-18(25)23-20(24)26/h3-8,11-13H,9-10H2,1-2H3,(H,23,25,26)/b4-3-,14-6+. The summed E-state index contributed by atoms with van der Waals surface area (Å²) >= 11 is 0. The highest BCUT2D eigenvalue weighted by molar-refractivity contribution is 6.05. The van der Waals surface area contributed by atoms with Crippen molar-refractivity contribution in [3.05, 3.63) is 60.5 Å². The van der Waals surface area contributed by atoms with Crippen molar-refractivity contribution in [2.75, 3.05) is 11.4 Å². The van der Waals surface area contributed by atoms with E-state index in [4.69, 9.17) is 4.74 Å². The van der Waals surface area contributed by atoms with Crippen molar-refractivity contribution >= 4 is 23.2 Å². The molecule has 27 heavy (non-hydrogen) atoms. The number of anilines is 1. The number of nitrogens with zero attached hydrogens (tertiary/aromatic N) is 3. The lowest BCUT2D eigenvalue weighted by Crippen LogP contribution is -2.49. The second-order valence-electron chi connectivity index (χ2n) is 5.98. The molecule has 0 bridgehead atoms. The maximum Gasteiger partial charge on any atom is 0.328 e. The lowest BCUT2D eigenvalue weighted by molar-refractivity contribution is -0.120. The van der Waals surface area contributed by atoms with Gasteiger partial charge in [0.15, 0.2) is 0 Å². The van der Waals surface area contributed by atoms with E-state index in [1.54, 1.807) is 0 Å².